The van der Waals surface area contributed by atoms with Crippen molar-refractivity contribution in [3.05, 3.63) is 46.8 Å². The zero-order chi connectivity index (χ0) is 17.3. The van der Waals surface area contributed by atoms with Crippen molar-refractivity contribution in [2.45, 2.75) is 33.2 Å². The predicted octanol–water partition coefficient (Wildman–Crippen LogP) is 2.61. The topological polar surface area (TPSA) is 76.3 Å². The molecule has 0 aliphatic carbocycles. The first-order chi connectivity index (χ1) is 11.4. The van der Waals surface area contributed by atoms with Crippen LogP contribution in [0.4, 0.5) is 5.69 Å². The van der Waals surface area contributed by atoms with Crippen LogP contribution in [0, 0.1) is 20.8 Å². The molecule has 24 heavy (non-hydrogen) atoms. The minimum Gasteiger partial charge on any atom is -0.278 e. The Bertz CT molecular complexity index is 884. The monoisotopic (exact) mass is 346 g/mol. The van der Waals surface area contributed by atoms with Crippen LogP contribution in [0.15, 0.2) is 29.4 Å². The van der Waals surface area contributed by atoms with E-state index in [1.807, 2.05) is 49.7 Å². The normalized spacial score (nSPS) is 19.9. The molecular formula is C17H22N4O2S. The van der Waals surface area contributed by atoms with Crippen molar-refractivity contribution in [2.75, 3.05) is 16.9 Å². The van der Waals surface area contributed by atoms with Crippen LogP contribution in [-0.4, -0.2) is 35.9 Å². The maximum atomic E-state index is 11.7. The summed E-state index contributed by atoms with van der Waals surface area (Å²) in [7, 11) is -2.93. The summed E-state index contributed by atoms with van der Waals surface area (Å²) in [6.07, 6.45) is 2.38. The van der Waals surface area contributed by atoms with E-state index >= 15 is 0 Å². The standard InChI is InChI=1S/C17H22N4O2S/c1-12-6-4-5-7-17(12)19-18-10-16-13(2)20-21(14(16)3)15-8-9-24(22,23)11-15/h4-7,10,15,19H,8-9,11H2,1-3H3/b18-10-/t15-/m1/s1. The molecule has 7 heteroatoms. The average molecular weight is 346 g/mol. The van der Waals surface area contributed by atoms with E-state index in [0.717, 1.165) is 28.2 Å². The molecule has 1 aliphatic heterocycles. The summed E-state index contributed by atoms with van der Waals surface area (Å²) in [5, 5.41) is 8.85. The molecule has 0 saturated carbocycles. The third-order valence-corrected chi connectivity index (χ3v) is 6.21. The molecule has 1 N–H and O–H groups in total. The van der Waals surface area contributed by atoms with Gasteiger partial charge < -0.3 is 0 Å². The minimum absolute atomic E-state index is 0.0693. The number of aromatic nitrogens is 2. The Morgan fingerprint density at radius 3 is 2.71 bits per heavy atom. The molecule has 0 unspecified atom stereocenters. The van der Waals surface area contributed by atoms with Crippen LogP contribution in [-0.2, 0) is 9.84 Å². The van der Waals surface area contributed by atoms with Gasteiger partial charge in [0.05, 0.1) is 35.1 Å². The van der Waals surface area contributed by atoms with Gasteiger partial charge >= 0.3 is 0 Å². The summed E-state index contributed by atoms with van der Waals surface area (Å²) in [5.41, 5.74) is 7.86. The van der Waals surface area contributed by atoms with Gasteiger partial charge in [-0.05, 0) is 38.8 Å². The predicted molar refractivity (Wildman–Crippen MR) is 96.4 cm³/mol. The van der Waals surface area contributed by atoms with Crippen LogP contribution >= 0.6 is 0 Å². The molecule has 2 heterocycles. The molecule has 0 amide bonds. The van der Waals surface area contributed by atoms with Gasteiger partial charge in [-0.15, -0.1) is 0 Å². The number of nitrogens with one attached hydrogen (secondary N) is 1. The third-order valence-electron chi connectivity index (χ3n) is 4.46. The molecular weight excluding hydrogens is 324 g/mol. The Kier molecular flexibility index (Phi) is 4.45. The fourth-order valence-corrected chi connectivity index (χ4v) is 4.74. The molecule has 3 rings (SSSR count). The second kappa shape index (κ2) is 6.39. The SMILES string of the molecule is Cc1ccccc1N/N=C\c1c(C)nn([C@@H]2CCS(=O)(=O)C2)c1C. The Morgan fingerprint density at radius 1 is 1.29 bits per heavy atom. The molecule has 1 aromatic carbocycles. The lowest BCUT2D eigenvalue weighted by Gasteiger charge is -2.10. The van der Waals surface area contributed by atoms with Crippen molar-refractivity contribution in [2.24, 2.45) is 5.10 Å². The molecule has 1 aromatic heterocycles. The number of rotatable bonds is 4. The number of benzene rings is 1. The average Bonchev–Trinajstić information content (AvgIpc) is 3.02. The van der Waals surface area contributed by atoms with Gasteiger partial charge in [0, 0.05) is 11.3 Å². The highest BCUT2D eigenvalue weighted by molar-refractivity contribution is 7.91. The molecule has 1 atom stereocenters. The number of para-hydroxylation sites is 1. The van der Waals surface area contributed by atoms with E-state index < -0.39 is 9.84 Å². The van der Waals surface area contributed by atoms with E-state index in [1.54, 1.807) is 6.21 Å². The number of sulfone groups is 1. The van der Waals surface area contributed by atoms with E-state index in [2.05, 4.69) is 15.6 Å². The highest BCUT2D eigenvalue weighted by atomic mass is 32.2. The largest absolute Gasteiger partial charge is 0.278 e. The van der Waals surface area contributed by atoms with E-state index in [-0.39, 0.29) is 17.5 Å². The molecule has 0 bridgehead atoms. The molecule has 1 aliphatic rings. The Morgan fingerprint density at radius 2 is 2.04 bits per heavy atom. The van der Waals surface area contributed by atoms with Gasteiger partial charge in [0.2, 0.25) is 0 Å². The third kappa shape index (κ3) is 3.36. The van der Waals surface area contributed by atoms with Crippen LogP contribution in [0.2, 0.25) is 0 Å². The van der Waals surface area contributed by atoms with Crippen molar-refractivity contribution in [3.8, 4) is 0 Å². The van der Waals surface area contributed by atoms with Gasteiger partial charge in [0.15, 0.2) is 9.84 Å². The molecule has 6 nitrogen and oxygen atoms in total. The summed E-state index contributed by atoms with van der Waals surface area (Å²) in [4.78, 5) is 0. The maximum absolute atomic E-state index is 11.7. The molecule has 0 radical (unpaired) electrons. The number of hydrogen-bond acceptors (Lipinski definition) is 5. The first kappa shape index (κ1) is 16.7. The Labute approximate surface area is 142 Å². The summed E-state index contributed by atoms with van der Waals surface area (Å²) in [5.74, 6) is 0.418. The van der Waals surface area contributed by atoms with Gasteiger partial charge in [-0.25, -0.2) is 8.42 Å². The van der Waals surface area contributed by atoms with Crippen molar-refractivity contribution in [1.29, 1.82) is 0 Å². The zero-order valence-corrected chi connectivity index (χ0v) is 15.0. The van der Waals surface area contributed by atoms with E-state index in [0.29, 0.717) is 6.42 Å². The van der Waals surface area contributed by atoms with Gasteiger partial charge in [-0.1, -0.05) is 18.2 Å². The van der Waals surface area contributed by atoms with Crippen molar-refractivity contribution >= 4 is 21.7 Å². The van der Waals surface area contributed by atoms with Gasteiger partial charge in [-0.2, -0.15) is 10.2 Å². The van der Waals surface area contributed by atoms with E-state index in [9.17, 15) is 8.42 Å². The maximum Gasteiger partial charge on any atom is 0.152 e. The lowest BCUT2D eigenvalue weighted by atomic mass is 10.2. The number of hydrogen-bond donors (Lipinski definition) is 1. The Balaban J connectivity index is 1.80. The van der Waals surface area contributed by atoms with Crippen LogP contribution in [0.3, 0.4) is 0 Å². The first-order valence-electron chi connectivity index (χ1n) is 7.98. The molecule has 1 saturated heterocycles. The lowest BCUT2D eigenvalue weighted by molar-refractivity contribution is 0.486. The van der Waals surface area contributed by atoms with Gasteiger partial charge in [0.25, 0.3) is 0 Å². The molecule has 0 spiro atoms. The molecule has 128 valence electrons. The van der Waals surface area contributed by atoms with Crippen LogP contribution < -0.4 is 5.43 Å². The van der Waals surface area contributed by atoms with Crippen molar-refractivity contribution in [1.82, 2.24) is 9.78 Å². The summed E-state index contributed by atoms with van der Waals surface area (Å²) >= 11 is 0. The molecule has 1 fully saturated rings. The van der Waals surface area contributed by atoms with Gasteiger partial charge in [0.1, 0.15) is 0 Å². The summed E-state index contributed by atoms with van der Waals surface area (Å²) < 4.78 is 25.2. The highest BCUT2D eigenvalue weighted by Gasteiger charge is 2.31. The number of aryl methyl sites for hydroxylation is 2. The van der Waals surface area contributed by atoms with E-state index in [4.69, 9.17) is 0 Å². The summed E-state index contributed by atoms with van der Waals surface area (Å²) in [6.45, 7) is 5.90. The second-order valence-electron chi connectivity index (χ2n) is 6.27. The molecule has 2 aromatic rings. The number of hydrazone groups is 1. The lowest BCUT2D eigenvalue weighted by Crippen LogP contribution is -2.14. The smallest absolute Gasteiger partial charge is 0.152 e. The fraction of sp³-hybridized carbons (Fsp3) is 0.412. The number of anilines is 1. The second-order valence-corrected chi connectivity index (χ2v) is 8.50. The first-order valence-corrected chi connectivity index (χ1v) is 9.80. The Hall–Kier alpha value is -2.15. The van der Waals surface area contributed by atoms with Gasteiger partial charge in [-0.3, -0.25) is 10.1 Å². The minimum atomic E-state index is -2.93. The van der Waals surface area contributed by atoms with Crippen molar-refractivity contribution < 1.29 is 8.42 Å². The number of nitrogens with zero attached hydrogens (tertiary/aromatic N) is 3. The van der Waals surface area contributed by atoms with Crippen LogP contribution in [0.25, 0.3) is 0 Å². The van der Waals surface area contributed by atoms with Crippen molar-refractivity contribution in [3.63, 3.8) is 0 Å². The van der Waals surface area contributed by atoms with Crippen LogP contribution in [0.1, 0.15) is 35.0 Å². The highest BCUT2D eigenvalue weighted by Crippen LogP contribution is 2.26. The van der Waals surface area contributed by atoms with Crippen LogP contribution in [0.5, 0.6) is 0 Å². The van der Waals surface area contributed by atoms with E-state index in [1.165, 1.54) is 0 Å². The quantitative estimate of drug-likeness (QED) is 0.682. The zero-order valence-electron chi connectivity index (χ0n) is 14.2. The fourth-order valence-electron chi connectivity index (χ4n) is 3.05. The summed E-state index contributed by atoms with van der Waals surface area (Å²) in [6, 6.07) is 7.87.